The monoisotopic (exact) mass is 314 g/mol. The Balaban J connectivity index is 2.03. The number of nitrogens with one attached hydrogen (secondary N) is 3. The summed E-state index contributed by atoms with van der Waals surface area (Å²) in [5, 5.41) is 5.72. The van der Waals surface area contributed by atoms with Gasteiger partial charge in [-0.05, 0) is 12.5 Å². The van der Waals surface area contributed by atoms with Crippen molar-refractivity contribution in [2.45, 2.75) is 18.5 Å². The van der Waals surface area contributed by atoms with Crippen molar-refractivity contribution in [3.8, 4) is 11.3 Å². The molecule has 1 saturated carbocycles. The number of halogens is 3. The number of hydrogen-bond donors (Lipinski definition) is 3. The lowest BCUT2D eigenvalue weighted by Crippen LogP contribution is -2.24. The van der Waals surface area contributed by atoms with Crippen molar-refractivity contribution >= 4 is 0 Å². The summed E-state index contributed by atoms with van der Waals surface area (Å²) in [6.45, 7) is 0. The number of nitrogens with zero attached hydrogens (tertiary/aromatic N) is 1. The molecule has 3 rings (SSSR count). The summed E-state index contributed by atoms with van der Waals surface area (Å²) in [5.41, 5.74) is -2.34. The Hall–Kier alpha value is -2.65. The van der Waals surface area contributed by atoms with Gasteiger partial charge in [-0.3, -0.25) is 14.6 Å². The number of H-pyrrole nitrogens is 3. The minimum Gasteiger partial charge on any atom is -0.313 e. The number of rotatable bonds is 2. The first-order valence-electron chi connectivity index (χ1n) is 6.26. The summed E-state index contributed by atoms with van der Waals surface area (Å²) < 4.78 is 37.9. The van der Waals surface area contributed by atoms with E-state index in [1.165, 1.54) is 0 Å². The van der Waals surface area contributed by atoms with E-state index in [-0.39, 0.29) is 23.2 Å². The SMILES string of the molecule is O=c1[nH]cc(-c2cc([C@@H]3C[C@H]3C(F)(F)F)c(=O)[nH]n2)c(=O)[nH]1. The molecule has 0 bridgehead atoms. The Morgan fingerprint density at radius 3 is 2.50 bits per heavy atom. The van der Waals surface area contributed by atoms with Gasteiger partial charge < -0.3 is 4.98 Å². The molecule has 7 nitrogen and oxygen atoms in total. The predicted molar refractivity (Wildman–Crippen MR) is 68.4 cm³/mol. The molecule has 0 aromatic carbocycles. The van der Waals surface area contributed by atoms with Gasteiger partial charge in [-0.2, -0.15) is 18.3 Å². The zero-order valence-corrected chi connectivity index (χ0v) is 10.8. The molecule has 3 N–H and O–H groups in total. The van der Waals surface area contributed by atoms with E-state index in [2.05, 4.69) is 15.2 Å². The smallest absolute Gasteiger partial charge is 0.313 e. The second-order valence-corrected chi connectivity index (χ2v) is 5.01. The highest BCUT2D eigenvalue weighted by Crippen LogP contribution is 2.55. The largest absolute Gasteiger partial charge is 0.392 e. The minimum atomic E-state index is -4.37. The Kier molecular flexibility index (Phi) is 3.04. The Morgan fingerprint density at radius 2 is 1.91 bits per heavy atom. The lowest BCUT2D eigenvalue weighted by atomic mass is 10.1. The van der Waals surface area contributed by atoms with E-state index in [0.29, 0.717) is 0 Å². The van der Waals surface area contributed by atoms with Crippen molar-refractivity contribution in [1.29, 1.82) is 0 Å². The van der Waals surface area contributed by atoms with E-state index in [4.69, 9.17) is 0 Å². The van der Waals surface area contributed by atoms with Gasteiger partial charge in [0.15, 0.2) is 0 Å². The van der Waals surface area contributed by atoms with Crippen molar-refractivity contribution in [1.82, 2.24) is 20.2 Å². The predicted octanol–water partition coefficient (Wildman–Crippen LogP) is 0.479. The number of hydrogen-bond acceptors (Lipinski definition) is 4. The zero-order chi connectivity index (χ0) is 16.1. The first kappa shape index (κ1) is 14.3. The van der Waals surface area contributed by atoms with E-state index in [1.807, 2.05) is 4.98 Å². The molecule has 116 valence electrons. The van der Waals surface area contributed by atoms with Crippen LogP contribution in [-0.4, -0.2) is 26.3 Å². The van der Waals surface area contributed by atoms with Crippen molar-refractivity contribution in [3.05, 3.63) is 49.0 Å². The molecular formula is C12H9F3N4O3. The summed E-state index contributed by atoms with van der Waals surface area (Å²) >= 11 is 0. The summed E-state index contributed by atoms with van der Waals surface area (Å²) in [7, 11) is 0. The molecule has 0 saturated heterocycles. The van der Waals surface area contributed by atoms with Gasteiger partial charge in [0, 0.05) is 17.7 Å². The maximum Gasteiger partial charge on any atom is 0.392 e. The molecule has 2 heterocycles. The van der Waals surface area contributed by atoms with Gasteiger partial charge in [-0.25, -0.2) is 9.89 Å². The van der Waals surface area contributed by atoms with Crippen LogP contribution < -0.4 is 16.8 Å². The third kappa shape index (κ3) is 2.47. The van der Waals surface area contributed by atoms with Crippen LogP contribution in [0.5, 0.6) is 0 Å². The Morgan fingerprint density at radius 1 is 1.18 bits per heavy atom. The first-order valence-corrected chi connectivity index (χ1v) is 6.26. The fraction of sp³-hybridized carbons (Fsp3) is 0.333. The Labute approximate surface area is 119 Å². The molecule has 0 spiro atoms. The zero-order valence-electron chi connectivity index (χ0n) is 10.8. The van der Waals surface area contributed by atoms with E-state index in [0.717, 1.165) is 12.3 Å². The summed E-state index contributed by atoms with van der Waals surface area (Å²) in [6, 6.07) is 1.15. The van der Waals surface area contributed by atoms with Crippen LogP contribution in [0.25, 0.3) is 11.3 Å². The highest BCUT2D eigenvalue weighted by Gasteiger charge is 2.56. The summed E-state index contributed by atoms with van der Waals surface area (Å²) in [5.74, 6) is -2.50. The maximum atomic E-state index is 12.6. The summed E-state index contributed by atoms with van der Waals surface area (Å²) in [6.07, 6.45) is -3.45. The normalized spacial score (nSPS) is 20.9. The number of aromatic amines is 3. The van der Waals surface area contributed by atoms with Crippen LogP contribution in [0.2, 0.25) is 0 Å². The van der Waals surface area contributed by atoms with Gasteiger partial charge in [-0.1, -0.05) is 0 Å². The lowest BCUT2D eigenvalue weighted by Gasteiger charge is -2.05. The quantitative estimate of drug-likeness (QED) is 0.748. The first-order chi connectivity index (χ1) is 10.3. The molecule has 1 fully saturated rings. The van der Waals surface area contributed by atoms with Crippen LogP contribution >= 0.6 is 0 Å². The van der Waals surface area contributed by atoms with Crippen molar-refractivity contribution in [3.63, 3.8) is 0 Å². The molecular weight excluding hydrogens is 305 g/mol. The second kappa shape index (κ2) is 4.68. The highest BCUT2D eigenvalue weighted by atomic mass is 19.4. The van der Waals surface area contributed by atoms with E-state index in [1.54, 1.807) is 0 Å². The van der Waals surface area contributed by atoms with Gasteiger partial charge >= 0.3 is 11.9 Å². The molecule has 0 aliphatic heterocycles. The Bertz CT molecular complexity index is 896. The molecule has 1 aliphatic carbocycles. The number of aromatic nitrogens is 4. The molecule has 0 radical (unpaired) electrons. The fourth-order valence-corrected chi connectivity index (χ4v) is 2.33. The maximum absolute atomic E-state index is 12.6. The highest BCUT2D eigenvalue weighted by molar-refractivity contribution is 5.56. The van der Waals surface area contributed by atoms with Crippen LogP contribution in [0.4, 0.5) is 13.2 Å². The van der Waals surface area contributed by atoms with Gasteiger partial charge in [-0.15, -0.1) is 0 Å². The van der Waals surface area contributed by atoms with Crippen LogP contribution in [0.15, 0.2) is 26.6 Å². The molecule has 2 aromatic rings. The van der Waals surface area contributed by atoms with Crippen molar-refractivity contribution < 1.29 is 13.2 Å². The van der Waals surface area contributed by atoms with Crippen LogP contribution in [0.1, 0.15) is 17.9 Å². The van der Waals surface area contributed by atoms with Crippen LogP contribution in [0, 0.1) is 5.92 Å². The minimum absolute atomic E-state index is 0.0140. The van der Waals surface area contributed by atoms with Crippen molar-refractivity contribution in [2.24, 2.45) is 5.92 Å². The summed E-state index contributed by atoms with van der Waals surface area (Å²) in [4.78, 5) is 38.5. The second-order valence-electron chi connectivity index (χ2n) is 5.01. The molecule has 10 heteroatoms. The molecule has 2 atom stereocenters. The fourth-order valence-electron chi connectivity index (χ4n) is 2.33. The molecule has 22 heavy (non-hydrogen) atoms. The van der Waals surface area contributed by atoms with E-state index in [9.17, 15) is 27.6 Å². The van der Waals surface area contributed by atoms with Gasteiger partial charge in [0.2, 0.25) is 0 Å². The lowest BCUT2D eigenvalue weighted by molar-refractivity contribution is -0.148. The topological polar surface area (TPSA) is 111 Å². The van der Waals surface area contributed by atoms with Crippen LogP contribution in [-0.2, 0) is 0 Å². The third-order valence-electron chi connectivity index (χ3n) is 3.54. The standard InChI is InChI=1S/C12H9F3N4O3/c13-12(14,15)7-1-4(7)5-2-8(18-19-10(5)21)6-3-16-11(22)17-9(6)20/h2-4,7H,1H2,(H,19,21)(H2,16,17,20,22)/t4-,7+/m0/s1. The van der Waals surface area contributed by atoms with Crippen molar-refractivity contribution in [2.75, 3.05) is 0 Å². The van der Waals surface area contributed by atoms with E-state index >= 15 is 0 Å². The molecule has 0 amide bonds. The van der Waals surface area contributed by atoms with Gasteiger partial charge in [0.05, 0.1) is 17.2 Å². The average molecular weight is 314 g/mol. The van der Waals surface area contributed by atoms with Gasteiger partial charge in [0.1, 0.15) is 0 Å². The van der Waals surface area contributed by atoms with Crippen LogP contribution in [0.3, 0.4) is 0 Å². The molecule has 0 unspecified atom stereocenters. The number of alkyl halides is 3. The third-order valence-corrected chi connectivity index (χ3v) is 3.54. The van der Waals surface area contributed by atoms with Gasteiger partial charge in [0.25, 0.3) is 11.1 Å². The van der Waals surface area contributed by atoms with E-state index < -0.39 is 34.8 Å². The average Bonchev–Trinajstić information content (AvgIpc) is 3.20. The molecule has 1 aliphatic rings. The molecule has 2 aromatic heterocycles.